The second kappa shape index (κ2) is 6.32. The molecule has 0 aliphatic heterocycles. The largest absolute Gasteiger partial charge is 0.389 e. The Morgan fingerprint density at radius 1 is 1.54 bits per heavy atom. The lowest BCUT2D eigenvalue weighted by molar-refractivity contribution is 0.0394. The highest BCUT2D eigenvalue weighted by atomic mass is 16.5. The molecule has 0 aromatic carbocycles. The number of ether oxygens (including phenoxy) is 1. The van der Waals surface area contributed by atoms with Gasteiger partial charge in [-0.3, -0.25) is 0 Å². The Hall–Kier alpha value is -0.160. The lowest BCUT2D eigenvalue weighted by Crippen LogP contribution is -2.41. The number of rotatable bonds is 7. The van der Waals surface area contributed by atoms with E-state index in [1.807, 2.05) is 6.92 Å². The van der Waals surface area contributed by atoms with Crippen molar-refractivity contribution in [3.05, 3.63) is 0 Å². The molecule has 0 bridgehead atoms. The summed E-state index contributed by atoms with van der Waals surface area (Å²) < 4.78 is 4.76. The Kier molecular flexibility index (Phi) is 6.24. The molecule has 0 saturated carbocycles. The van der Waals surface area contributed by atoms with Gasteiger partial charge in [0, 0.05) is 20.2 Å². The van der Waals surface area contributed by atoms with Crippen LogP contribution in [-0.4, -0.2) is 48.7 Å². The average molecular weight is 191 g/mol. The highest BCUT2D eigenvalue weighted by Crippen LogP contribution is 2.05. The third-order valence-corrected chi connectivity index (χ3v) is 2.01. The van der Waals surface area contributed by atoms with E-state index in [0.29, 0.717) is 26.1 Å². The molecule has 0 aliphatic rings. The lowest BCUT2D eigenvalue weighted by atomic mass is 10.0. The Bertz CT molecular complexity index is 128. The van der Waals surface area contributed by atoms with Crippen molar-refractivity contribution in [2.75, 3.05) is 26.8 Å². The first-order valence-electron chi connectivity index (χ1n) is 4.62. The van der Waals surface area contributed by atoms with Crippen molar-refractivity contribution in [2.24, 2.45) is 0 Å². The summed E-state index contributed by atoms with van der Waals surface area (Å²) in [6.45, 7) is 4.95. The first kappa shape index (κ1) is 12.8. The number of methoxy groups -OCH3 is 1. The van der Waals surface area contributed by atoms with Crippen LogP contribution >= 0.6 is 0 Å². The topological polar surface area (TPSA) is 61.7 Å². The molecule has 0 rings (SSSR count). The normalized spacial score (nSPS) is 18.2. The zero-order chi connectivity index (χ0) is 10.3. The molecule has 0 aromatic heterocycles. The summed E-state index contributed by atoms with van der Waals surface area (Å²) in [6.07, 6.45) is 0.193. The summed E-state index contributed by atoms with van der Waals surface area (Å²) in [7, 11) is 1.55. The highest BCUT2D eigenvalue weighted by Gasteiger charge is 2.16. The van der Waals surface area contributed by atoms with E-state index >= 15 is 0 Å². The molecule has 0 aromatic rings. The van der Waals surface area contributed by atoms with E-state index in [-0.39, 0.29) is 0 Å². The second-order valence-electron chi connectivity index (χ2n) is 3.59. The summed E-state index contributed by atoms with van der Waals surface area (Å²) >= 11 is 0. The van der Waals surface area contributed by atoms with Gasteiger partial charge < -0.3 is 20.3 Å². The van der Waals surface area contributed by atoms with Crippen LogP contribution in [-0.2, 0) is 4.74 Å². The van der Waals surface area contributed by atoms with Gasteiger partial charge in [0.1, 0.15) is 0 Å². The molecule has 0 spiro atoms. The quantitative estimate of drug-likeness (QED) is 0.519. The Balaban J connectivity index is 3.44. The van der Waals surface area contributed by atoms with Gasteiger partial charge in [0.25, 0.3) is 0 Å². The molecule has 0 radical (unpaired) electrons. The third-order valence-electron chi connectivity index (χ3n) is 2.01. The minimum Gasteiger partial charge on any atom is -0.389 e. The van der Waals surface area contributed by atoms with Crippen molar-refractivity contribution in [3.8, 4) is 0 Å². The Morgan fingerprint density at radius 2 is 2.15 bits per heavy atom. The monoisotopic (exact) mass is 191 g/mol. The zero-order valence-electron chi connectivity index (χ0n) is 8.71. The summed E-state index contributed by atoms with van der Waals surface area (Å²) in [5.41, 5.74) is -0.688. The maximum atomic E-state index is 9.59. The van der Waals surface area contributed by atoms with E-state index in [9.17, 15) is 10.2 Å². The van der Waals surface area contributed by atoms with E-state index in [1.165, 1.54) is 0 Å². The third kappa shape index (κ3) is 6.95. The van der Waals surface area contributed by atoms with E-state index in [0.717, 1.165) is 0 Å². The van der Waals surface area contributed by atoms with Crippen LogP contribution in [0.2, 0.25) is 0 Å². The van der Waals surface area contributed by atoms with Crippen LogP contribution in [0.3, 0.4) is 0 Å². The predicted octanol–water partition coefficient (Wildman–Crippen LogP) is -0.256. The fourth-order valence-corrected chi connectivity index (χ4v) is 0.884. The van der Waals surface area contributed by atoms with Crippen molar-refractivity contribution in [2.45, 2.75) is 32.0 Å². The molecule has 0 saturated heterocycles. The number of aliphatic hydroxyl groups excluding tert-OH is 1. The number of hydrogen-bond donors (Lipinski definition) is 3. The van der Waals surface area contributed by atoms with E-state index in [4.69, 9.17) is 4.74 Å². The molecule has 80 valence electrons. The molecular weight excluding hydrogens is 170 g/mol. The number of aliphatic hydroxyl groups is 2. The van der Waals surface area contributed by atoms with Gasteiger partial charge >= 0.3 is 0 Å². The average Bonchev–Trinajstić information content (AvgIpc) is 2.05. The summed E-state index contributed by atoms with van der Waals surface area (Å²) in [5, 5.41) is 21.8. The molecule has 4 nitrogen and oxygen atoms in total. The SMILES string of the molecule is CCC(C)(O)CNCC(O)COC. The second-order valence-corrected chi connectivity index (χ2v) is 3.59. The fraction of sp³-hybridized carbons (Fsp3) is 1.00. The van der Waals surface area contributed by atoms with E-state index < -0.39 is 11.7 Å². The molecular formula is C9H21NO3. The van der Waals surface area contributed by atoms with Gasteiger partial charge in [0.2, 0.25) is 0 Å². The van der Waals surface area contributed by atoms with Crippen LogP contribution < -0.4 is 5.32 Å². The molecule has 2 atom stereocenters. The molecule has 0 fully saturated rings. The first-order valence-corrected chi connectivity index (χ1v) is 4.62. The van der Waals surface area contributed by atoms with Gasteiger partial charge in [0.05, 0.1) is 18.3 Å². The molecule has 0 heterocycles. The van der Waals surface area contributed by atoms with Gasteiger partial charge in [-0.05, 0) is 13.3 Å². The maximum absolute atomic E-state index is 9.59. The zero-order valence-corrected chi connectivity index (χ0v) is 8.71. The minimum absolute atomic E-state index is 0.321. The van der Waals surface area contributed by atoms with Gasteiger partial charge in [0.15, 0.2) is 0 Å². The summed E-state index contributed by atoms with van der Waals surface area (Å²) in [6, 6.07) is 0. The predicted molar refractivity (Wildman–Crippen MR) is 51.7 cm³/mol. The van der Waals surface area contributed by atoms with Crippen molar-refractivity contribution < 1.29 is 14.9 Å². The molecule has 4 heteroatoms. The van der Waals surface area contributed by atoms with Gasteiger partial charge in [-0.1, -0.05) is 6.92 Å². The first-order chi connectivity index (χ1) is 6.02. The summed E-state index contributed by atoms with van der Waals surface area (Å²) in [5.74, 6) is 0. The molecule has 3 N–H and O–H groups in total. The van der Waals surface area contributed by atoms with E-state index in [2.05, 4.69) is 5.32 Å². The van der Waals surface area contributed by atoms with Crippen LogP contribution in [0.5, 0.6) is 0 Å². The Labute approximate surface area is 79.9 Å². The van der Waals surface area contributed by atoms with Crippen molar-refractivity contribution in [1.82, 2.24) is 5.32 Å². The van der Waals surface area contributed by atoms with E-state index in [1.54, 1.807) is 14.0 Å². The standard InChI is InChI=1S/C9H21NO3/c1-4-9(2,12)7-10-5-8(11)6-13-3/h8,10-12H,4-7H2,1-3H3. The molecule has 13 heavy (non-hydrogen) atoms. The molecule has 0 aliphatic carbocycles. The van der Waals surface area contributed by atoms with Gasteiger partial charge in [-0.25, -0.2) is 0 Å². The van der Waals surface area contributed by atoms with Crippen LogP contribution in [0.15, 0.2) is 0 Å². The smallest absolute Gasteiger partial charge is 0.0897 e. The van der Waals surface area contributed by atoms with Crippen LogP contribution in [0.4, 0.5) is 0 Å². The fourth-order valence-electron chi connectivity index (χ4n) is 0.884. The summed E-state index contributed by atoms with van der Waals surface area (Å²) in [4.78, 5) is 0. The lowest BCUT2D eigenvalue weighted by Gasteiger charge is -2.22. The van der Waals surface area contributed by atoms with Gasteiger partial charge in [-0.2, -0.15) is 0 Å². The van der Waals surface area contributed by atoms with Crippen LogP contribution in [0, 0.1) is 0 Å². The number of hydrogen-bond acceptors (Lipinski definition) is 4. The van der Waals surface area contributed by atoms with Crippen molar-refractivity contribution in [1.29, 1.82) is 0 Å². The molecule has 2 unspecified atom stereocenters. The Morgan fingerprint density at radius 3 is 2.62 bits per heavy atom. The molecule has 0 amide bonds. The van der Waals surface area contributed by atoms with Crippen molar-refractivity contribution >= 4 is 0 Å². The van der Waals surface area contributed by atoms with Crippen LogP contribution in [0.25, 0.3) is 0 Å². The van der Waals surface area contributed by atoms with Gasteiger partial charge in [-0.15, -0.1) is 0 Å². The highest BCUT2D eigenvalue weighted by molar-refractivity contribution is 4.73. The number of nitrogens with one attached hydrogen (secondary N) is 1. The van der Waals surface area contributed by atoms with Crippen molar-refractivity contribution in [3.63, 3.8) is 0 Å². The maximum Gasteiger partial charge on any atom is 0.0897 e. The minimum atomic E-state index is -0.688. The van der Waals surface area contributed by atoms with Crippen LogP contribution in [0.1, 0.15) is 20.3 Å².